The number of aliphatic hydroxyl groups is 1. The van der Waals surface area contributed by atoms with Crippen LogP contribution in [0, 0.1) is 0 Å². The summed E-state index contributed by atoms with van der Waals surface area (Å²) in [6.07, 6.45) is 5.52. The predicted octanol–water partition coefficient (Wildman–Crippen LogP) is -0.0764. The number of nitrogens with one attached hydrogen (secondary N) is 1. The van der Waals surface area contributed by atoms with Gasteiger partial charge in [0.05, 0.1) is 18.5 Å². The number of hydrogen-bond donors (Lipinski definition) is 2. The highest BCUT2D eigenvalue weighted by Gasteiger charge is 2.31. The van der Waals surface area contributed by atoms with Crippen LogP contribution in [0.25, 0.3) is 0 Å². The van der Waals surface area contributed by atoms with Crippen molar-refractivity contribution in [1.82, 2.24) is 14.1 Å². The van der Waals surface area contributed by atoms with Gasteiger partial charge in [-0.05, 0) is 12.8 Å². The second-order valence-electron chi connectivity index (χ2n) is 4.45. The summed E-state index contributed by atoms with van der Waals surface area (Å²) in [5.41, 5.74) is 0.430. The quantitative estimate of drug-likeness (QED) is 0.804. The van der Waals surface area contributed by atoms with Crippen LogP contribution in [0.1, 0.15) is 19.3 Å². The van der Waals surface area contributed by atoms with Crippen molar-refractivity contribution < 1.29 is 13.5 Å². The lowest BCUT2D eigenvalue weighted by molar-refractivity contribution is 0.156. The van der Waals surface area contributed by atoms with E-state index in [0.717, 1.165) is 12.8 Å². The third-order valence-corrected chi connectivity index (χ3v) is 4.64. The molecule has 8 heteroatoms. The summed E-state index contributed by atoms with van der Waals surface area (Å²) < 4.78 is 29.7. The molecule has 1 unspecified atom stereocenters. The number of aliphatic hydroxyl groups excluding tert-OH is 1. The maximum atomic E-state index is 12.2. The van der Waals surface area contributed by atoms with Gasteiger partial charge in [0.2, 0.25) is 0 Å². The third kappa shape index (κ3) is 2.82. The monoisotopic (exact) mass is 274 g/mol. The summed E-state index contributed by atoms with van der Waals surface area (Å²) in [4.78, 5) is 0. The molecule has 2 rings (SSSR count). The minimum Gasteiger partial charge on any atom is -0.395 e. The Hall–Kier alpha value is -1.12. The van der Waals surface area contributed by atoms with E-state index < -0.39 is 10.2 Å². The van der Waals surface area contributed by atoms with Crippen LogP contribution in [-0.4, -0.2) is 46.8 Å². The molecule has 0 amide bonds. The van der Waals surface area contributed by atoms with Crippen LogP contribution >= 0.6 is 0 Å². The fraction of sp³-hybridized carbons (Fsp3) is 0.700. The Kier molecular flexibility index (Phi) is 3.88. The van der Waals surface area contributed by atoms with Crippen molar-refractivity contribution in [2.75, 3.05) is 17.9 Å². The lowest BCUT2D eigenvalue weighted by Crippen LogP contribution is -2.47. The molecule has 0 bridgehead atoms. The van der Waals surface area contributed by atoms with Crippen LogP contribution in [0.2, 0.25) is 0 Å². The molecule has 2 N–H and O–H groups in total. The van der Waals surface area contributed by atoms with E-state index in [4.69, 9.17) is 0 Å². The number of aryl methyl sites for hydroxylation is 1. The van der Waals surface area contributed by atoms with Crippen molar-refractivity contribution >= 4 is 15.9 Å². The second-order valence-corrected chi connectivity index (χ2v) is 6.08. The number of rotatable bonds is 4. The highest BCUT2D eigenvalue weighted by Crippen LogP contribution is 2.21. The van der Waals surface area contributed by atoms with Gasteiger partial charge in [-0.25, -0.2) is 0 Å². The van der Waals surface area contributed by atoms with Gasteiger partial charge in [-0.3, -0.25) is 9.40 Å². The smallest absolute Gasteiger partial charge is 0.302 e. The lowest BCUT2D eigenvalue weighted by atomic mass is 10.1. The Labute approximate surface area is 107 Å². The highest BCUT2D eigenvalue weighted by atomic mass is 32.2. The summed E-state index contributed by atoms with van der Waals surface area (Å²) in [5, 5.41) is 13.2. The number of hydrogen-bond acceptors (Lipinski definition) is 4. The van der Waals surface area contributed by atoms with Gasteiger partial charge in [0.25, 0.3) is 0 Å². The fourth-order valence-electron chi connectivity index (χ4n) is 2.15. The highest BCUT2D eigenvalue weighted by molar-refractivity contribution is 7.90. The Bertz CT molecular complexity index is 499. The van der Waals surface area contributed by atoms with E-state index in [9.17, 15) is 13.5 Å². The molecule has 0 radical (unpaired) electrons. The molecule has 1 aliphatic heterocycles. The van der Waals surface area contributed by atoms with Crippen molar-refractivity contribution in [3.05, 3.63) is 12.4 Å². The predicted molar refractivity (Wildman–Crippen MR) is 67.2 cm³/mol. The standard InChI is InChI=1S/C10H18N4O3S/c1-13-7-9(6-11-13)12-18(16,17)14-5-3-2-4-10(14)8-15/h6-7,10,12,15H,2-5,8H2,1H3. The molecule has 0 aromatic carbocycles. The fourth-order valence-corrected chi connectivity index (χ4v) is 3.61. The lowest BCUT2D eigenvalue weighted by Gasteiger charge is -2.33. The Morgan fingerprint density at radius 2 is 2.33 bits per heavy atom. The zero-order valence-corrected chi connectivity index (χ0v) is 11.1. The van der Waals surface area contributed by atoms with E-state index in [-0.39, 0.29) is 12.6 Å². The van der Waals surface area contributed by atoms with E-state index in [0.29, 0.717) is 18.7 Å². The Morgan fingerprint density at radius 1 is 1.56 bits per heavy atom. The van der Waals surface area contributed by atoms with Crippen molar-refractivity contribution in [3.63, 3.8) is 0 Å². The molecule has 1 saturated heterocycles. The van der Waals surface area contributed by atoms with Crippen molar-refractivity contribution in [2.45, 2.75) is 25.3 Å². The van der Waals surface area contributed by atoms with E-state index in [1.54, 1.807) is 13.2 Å². The van der Waals surface area contributed by atoms with E-state index in [1.165, 1.54) is 15.2 Å². The Morgan fingerprint density at radius 3 is 2.94 bits per heavy atom. The molecule has 102 valence electrons. The molecule has 18 heavy (non-hydrogen) atoms. The first-order valence-corrected chi connectivity index (χ1v) is 7.36. The maximum absolute atomic E-state index is 12.2. The first-order chi connectivity index (χ1) is 8.53. The molecule has 1 fully saturated rings. The van der Waals surface area contributed by atoms with Crippen molar-refractivity contribution in [3.8, 4) is 0 Å². The van der Waals surface area contributed by atoms with Gasteiger partial charge in [0, 0.05) is 25.8 Å². The average Bonchev–Trinajstić information content (AvgIpc) is 2.74. The van der Waals surface area contributed by atoms with Crippen molar-refractivity contribution in [1.29, 1.82) is 0 Å². The molecule has 2 heterocycles. The first kappa shape index (κ1) is 13.3. The SMILES string of the molecule is Cn1cc(NS(=O)(=O)N2CCCCC2CO)cn1. The van der Waals surface area contributed by atoms with Crippen LogP contribution < -0.4 is 4.72 Å². The van der Waals surface area contributed by atoms with Crippen LogP contribution in [0.15, 0.2) is 12.4 Å². The number of nitrogens with zero attached hydrogens (tertiary/aromatic N) is 3. The van der Waals surface area contributed by atoms with E-state index in [1.807, 2.05) is 0 Å². The summed E-state index contributed by atoms with van der Waals surface area (Å²) in [5.74, 6) is 0. The summed E-state index contributed by atoms with van der Waals surface area (Å²) in [7, 11) is -1.90. The van der Waals surface area contributed by atoms with Gasteiger partial charge in [-0.1, -0.05) is 6.42 Å². The molecule has 0 saturated carbocycles. The average molecular weight is 274 g/mol. The van der Waals surface area contributed by atoms with Gasteiger partial charge >= 0.3 is 10.2 Å². The minimum absolute atomic E-state index is 0.145. The van der Waals surface area contributed by atoms with Crippen LogP contribution in [0.5, 0.6) is 0 Å². The summed E-state index contributed by atoms with van der Waals surface area (Å²) in [6.45, 7) is 0.300. The molecule has 1 aromatic heterocycles. The number of aromatic nitrogens is 2. The van der Waals surface area contributed by atoms with Crippen molar-refractivity contribution in [2.24, 2.45) is 7.05 Å². The number of anilines is 1. The summed E-state index contributed by atoms with van der Waals surface area (Å²) >= 11 is 0. The molecule has 0 spiro atoms. The third-order valence-electron chi connectivity index (χ3n) is 3.04. The first-order valence-electron chi connectivity index (χ1n) is 5.92. The van der Waals surface area contributed by atoms with Gasteiger partial charge < -0.3 is 5.11 Å². The zero-order valence-electron chi connectivity index (χ0n) is 10.3. The molecule has 1 atom stereocenters. The van der Waals surface area contributed by atoms with E-state index in [2.05, 4.69) is 9.82 Å². The molecule has 1 aliphatic rings. The van der Waals surface area contributed by atoms with Crippen LogP contribution in [0.3, 0.4) is 0 Å². The summed E-state index contributed by atoms with van der Waals surface area (Å²) in [6, 6.07) is -0.326. The molecule has 1 aromatic rings. The van der Waals surface area contributed by atoms with Gasteiger partial charge in [-0.15, -0.1) is 0 Å². The largest absolute Gasteiger partial charge is 0.395 e. The molecular formula is C10H18N4O3S. The van der Waals surface area contributed by atoms with Gasteiger partial charge in [0.1, 0.15) is 0 Å². The minimum atomic E-state index is -3.61. The normalized spacial score (nSPS) is 22.0. The maximum Gasteiger partial charge on any atom is 0.302 e. The zero-order chi connectivity index (χ0) is 13.2. The van der Waals surface area contributed by atoms with E-state index >= 15 is 0 Å². The van der Waals surface area contributed by atoms with Crippen LogP contribution in [-0.2, 0) is 17.3 Å². The second kappa shape index (κ2) is 5.25. The van der Waals surface area contributed by atoms with Gasteiger partial charge in [0.15, 0.2) is 0 Å². The van der Waals surface area contributed by atoms with Gasteiger partial charge in [-0.2, -0.15) is 17.8 Å². The molecule has 7 nitrogen and oxygen atoms in total. The van der Waals surface area contributed by atoms with Crippen LogP contribution in [0.4, 0.5) is 5.69 Å². The Balaban J connectivity index is 2.14. The molecular weight excluding hydrogens is 256 g/mol. The topological polar surface area (TPSA) is 87.5 Å². The number of piperidine rings is 1. The molecule has 0 aliphatic carbocycles.